The molecule has 1 aromatic rings. The molecule has 0 aromatic heterocycles. The van der Waals surface area contributed by atoms with E-state index >= 15 is 0 Å². The van der Waals surface area contributed by atoms with Crippen LogP contribution in [0.4, 0.5) is 0 Å². The zero-order valence-corrected chi connectivity index (χ0v) is 16.6. The number of nitrogens with one attached hydrogen (secondary N) is 1. The first-order valence-electron chi connectivity index (χ1n) is 9.08. The SMILES string of the molecule is COc1cc(CN2CCN(C)[C@]3(CCNC(=O)CC3)C2)cc(Cl)c1OC. The number of methoxy groups -OCH3 is 2. The van der Waals surface area contributed by atoms with Gasteiger partial charge in [-0.05, 0) is 37.6 Å². The van der Waals surface area contributed by atoms with Crippen molar-refractivity contribution in [3.63, 3.8) is 0 Å². The minimum atomic E-state index is 0.0533. The minimum Gasteiger partial charge on any atom is -0.493 e. The van der Waals surface area contributed by atoms with Crippen molar-refractivity contribution in [3.05, 3.63) is 22.7 Å². The van der Waals surface area contributed by atoms with Crippen LogP contribution >= 0.6 is 11.6 Å². The maximum absolute atomic E-state index is 11.8. The number of hydrogen-bond donors (Lipinski definition) is 1. The molecule has 7 heteroatoms. The van der Waals surface area contributed by atoms with E-state index in [1.165, 1.54) is 0 Å². The Balaban J connectivity index is 1.76. The van der Waals surface area contributed by atoms with Crippen molar-refractivity contribution in [2.45, 2.75) is 31.3 Å². The highest BCUT2D eigenvalue weighted by Crippen LogP contribution is 2.37. The summed E-state index contributed by atoms with van der Waals surface area (Å²) in [5, 5.41) is 3.57. The lowest BCUT2D eigenvalue weighted by atomic mass is 9.86. The molecule has 6 nitrogen and oxygen atoms in total. The topological polar surface area (TPSA) is 54.0 Å². The zero-order chi connectivity index (χ0) is 18.7. The fourth-order valence-corrected chi connectivity index (χ4v) is 4.44. The summed E-state index contributed by atoms with van der Waals surface area (Å²) in [5.74, 6) is 1.39. The van der Waals surface area contributed by atoms with Gasteiger partial charge in [0, 0.05) is 44.7 Å². The summed E-state index contributed by atoms with van der Waals surface area (Å²) in [4.78, 5) is 16.7. The van der Waals surface area contributed by atoms with Crippen LogP contribution in [0.2, 0.25) is 5.02 Å². The van der Waals surface area contributed by atoms with Gasteiger partial charge in [-0.15, -0.1) is 0 Å². The second-order valence-corrected chi connectivity index (χ2v) is 7.68. The quantitative estimate of drug-likeness (QED) is 0.866. The Labute approximate surface area is 160 Å². The van der Waals surface area contributed by atoms with Gasteiger partial charge < -0.3 is 14.8 Å². The van der Waals surface area contributed by atoms with Crippen LogP contribution in [-0.4, -0.2) is 68.7 Å². The number of carbonyl (C=O) groups is 1. The number of halogens is 1. The maximum Gasteiger partial charge on any atom is 0.220 e. The van der Waals surface area contributed by atoms with Crippen LogP contribution in [0.5, 0.6) is 11.5 Å². The normalized spacial score (nSPS) is 25.0. The molecule has 2 aliphatic rings. The molecular weight excluding hydrogens is 354 g/mol. The molecule has 144 valence electrons. The first-order chi connectivity index (χ1) is 12.5. The summed E-state index contributed by atoms with van der Waals surface area (Å²) in [6, 6.07) is 3.94. The van der Waals surface area contributed by atoms with Crippen molar-refractivity contribution in [2.75, 3.05) is 47.4 Å². The third kappa shape index (κ3) is 3.92. The Morgan fingerprint density at radius 3 is 2.77 bits per heavy atom. The van der Waals surface area contributed by atoms with Crippen molar-refractivity contribution < 1.29 is 14.3 Å². The third-order valence-corrected chi connectivity index (χ3v) is 5.99. The molecule has 3 rings (SSSR count). The van der Waals surface area contributed by atoms with E-state index in [4.69, 9.17) is 21.1 Å². The summed E-state index contributed by atoms with van der Waals surface area (Å²) < 4.78 is 10.7. The fourth-order valence-electron chi connectivity index (χ4n) is 4.13. The van der Waals surface area contributed by atoms with Crippen LogP contribution < -0.4 is 14.8 Å². The molecule has 1 N–H and O–H groups in total. The van der Waals surface area contributed by atoms with Crippen LogP contribution in [0.1, 0.15) is 24.8 Å². The van der Waals surface area contributed by atoms with Gasteiger partial charge in [0.05, 0.1) is 19.2 Å². The van der Waals surface area contributed by atoms with Gasteiger partial charge >= 0.3 is 0 Å². The molecule has 1 amide bonds. The Morgan fingerprint density at radius 2 is 2.04 bits per heavy atom. The Kier molecular flexibility index (Phi) is 5.95. The molecule has 2 fully saturated rings. The fraction of sp³-hybridized carbons (Fsp3) is 0.632. The van der Waals surface area contributed by atoms with Crippen molar-refractivity contribution in [2.24, 2.45) is 0 Å². The van der Waals surface area contributed by atoms with E-state index in [0.29, 0.717) is 22.9 Å². The van der Waals surface area contributed by atoms with E-state index < -0.39 is 0 Å². The predicted octanol–water partition coefficient (Wildman–Crippen LogP) is 2.14. The minimum absolute atomic E-state index is 0.0533. The number of nitrogens with zero attached hydrogens (tertiary/aromatic N) is 2. The van der Waals surface area contributed by atoms with Gasteiger partial charge in [0.1, 0.15) is 0 Å². The van der Waals surface area contributed by atoms with Gasteiger partial charge in [0.2, 0.25) is 5.91 Å². The molecule has 1 aromatic carbocycles. The molecule has 2 saturated heterocycles. The second kappa shape index (κ2) is 8.03. The molecule has 2 heterocycles. The van der Waals surface area contributed by atoms with Gasteiger partial charge in [0.25, 0.3) is 0 Å². The first kappa shape index (κ1) is 19.3. The maximum atomic E-state index is 11.8. The smallest absolute Gasteiger partial charge is 0.220 e. The average Bonchev–Trinajstić information content (AvgIpc) is 2.80. The largest absolute Gasteiger partial charge is 0.493 e. The predicted molar refractivity (Wildman–Crippen MR) is 102 cm³/mol. The lowest BCUT2D eigenvalue weighted by Gasteiger charge is -2.49. The van der Waals surface area contributed by atoms with E-state index in [1.807, 2.05) is 12.1 Å². The number of amides is 1. The number of piperazine rings is 1. The number of likely N-dealkylation sites (N-methyl/N-ethyl adjacent to an activating group) is 1. The van der Waals surface area contributed by atoms with Gasteiger partial charge in [-0.1, -0.05) is 11.6 Å². The highest BCUT2D eigenvalue weighted by Gasteiger charge is 2.40. The average molecular weight is 382 g/mol. The van der Waals surface area contributed by atoms with E-state index in [1.54, 1.807) is 14.2 Å². The molecule has 1 spiro atoms. The van der Waals surface area contributed by atoms with E-state index in [0.717, 1.165) is 51.1 Å². The molecule has 0 radical (unpaired) electrons. The lowest BCUT2D eigenvalue weighted by molar-refractivity contribution is -0.121. The number of ether oxygens (including phenoxy) is 2. The van der Waals surface area contributed by atoms with Crippen molar-refractivity contribution in [1.29, 1.82) is 0 Å². The van der Waals surface area contributed by atoms with Crippen molar-refractivity contribution in [1.82, 2.24) is 15.1 Å². The third-order valence-electron chi connectivity index (χ3n) is 5.71. The lowest BCUT2D eigenvalue weighted by Crippen LogP contribution is -2.60. The number of hydrogen-bond acceptors (Lipinski definition) is 5. The molecule has 0 saturated carbocycles. The van der Waals surface area contributed by atoms with Crippen LogP contribution in [0.25, 0.3) is 0 Å². The first-order valence-corrected chi connectivity index (χ1v) is 9.46. The Morgan fingerprint density at radius 1 is 1.23 bits per heavy atom. The Bertz CT molecular complexity index is 670. The monoisotopic (exact) mass is 381 g/mol. The molecule has 26 heavy (non-hydrogen) atoms. The van der Waals surface area contributed by atoms with Gasteiger partial charge in [-0.25, -0.2) is 0 Å². The van der Waals surface area contributed by atoms with E-state index in [9.17, 15) is 4.79 Å². The van der Waals surface area contributed by atoms with Gasteiger partial charge in [-0.2, -0.15) is 0 Å². The molecule has 0 aliphatic carbocycles. The molecule has 0 bridgehead atoms. The Hall–Kier alpha value is -1.50. The van der Waals surface area contributed by atoms with Gasteiger partial charge in [0.15, 0.2) is 11.5 Å². The molecule has 1 atom stereocenters. The standard InChI is InChI=1S/C19H28ClN3O3/c1-22-8-9-23(13-19(22)5-4-17(24)21-7-6-19)12-14-10-15(20)18(26-3)16(11-14)25-2/h10-11H,4-9,12-13H2,1-3H3,(H,21,24)/t19-/m1/s1. The summed E-state index contributed by atoms with van der Waals surface area (Å²) in [6.45, 7) is 4.49. The van der Waals surface area contributed by atoms with Crippen LogP contribution in [0.3, 0.4) is 0 Å². The van der Waals surface area contributed by atoms with Crippen LogP contribution in [-0.2, 0) is 11.3 Å². The molecular formula is C19H28ClN3O3. The summed E-state index contributed by atoms with van der Waals surface area (Å²) in [7, 11) is 5.40. The highest BCUT2D eigenvalue weighted by molar-refractivity contribution is 6.32. The van der Waals surface area contributed by atoms with E-state index in [-0.39, 0.29) is 11.4 Å². The molecule has 0 unspecified atom stereocenters. The summed E-state index contributed by atoms with van der Waals surface area (Å²) in [5.41, 5.74) is 1.16. The van der Waals surface area contributed by atoms with Gasteiger partial charge in [-0.3, -0.25) is 14.6 Å². The second-order valence-electron chi connectivity index (χ2n) is 7.27. The number of carbonyl (C=O) groups excluding carboxylic acids is 1. The zero-order valence-electron chi connectivity index (χ0n) is 15.8. The van der Waals surface area contributed by atoms with Crippen molar-refractivity contribution >= 4 is 17.5 Å². The highest BCUT2D eigenvalue weighted by atomic mass is 35.5. The summed E-state index contributed by atoms with van der Waals surface area (Å²) in [6.07, 6.45) is 2.48. The van der Waals surface area contributed by atoms with Crippen molar-refractivity contribution in [3.8, 4) is 11.5 Å². The van der Waals surface area contributed by atoms with E-state index in [2.05, 4.69) is 22.2 Å². The number of rotatable bonds is 4. The summed E-state index contributed by atoms with van der Waals surface area (Å²) >= 11 is 6.36. The van der Waals surface area contributed by atoms with Crippen LogP contribution in [0.15, 0.2) is 12.1 Å². The van der Waals surface area contributed by atoms with Crippen LogP contribution in [0, 0.1) is 0 Å². The molecule has 2 aliphatic heterocycles. The number of benzene rings is 1.